The molecule has 25 heavy (non-hydrogen) atoms. The second kappa shape index (κ2) is 10.7. The van der Waals surface area contributed by atoms with Crippen LogP contribution >= 0.6 is 0 Å². The Morgan fingerprint density at radius 3 is 2.44 bits per heavy atom. The summed E-state index contributed by atoms with van der Waals surface area (Å²) in [5, 5.41) is 2.62. The number of methoxy groups -OCH3 is 1. The normalized spacial score (nSPS) is 12.3. The fraction of sp³-hybridized carbons (Fsp3) is 0.556. The van der Waals surface area contributed by atoms with E-state index < -0.39 is 23.7 Å². The summed E-state index contributed by atoms with van der Waals surface area (Å²) >= 11 is 0. The number of ether oxygens (including phenoxy) is 4. The summed E-state index contributed by atoms with van der Waals surface area (Å²) in [7, 11) is 1.49. The van der Waals surface area contributed by atoms with Gasteiger partial charge in [0.25, 0.3) is 0 Å². The predicted octanol–water partition coefficient (Wildman–Crippen LogP) is 2.63. The molecule has 7 heteroatoms. The molecule has 1 N–H and O–H groups in total. The Kier molecular flexibility index (Phi) is 8.94. The third-order valence-corrected chi connectivity index (χ3v) is 2.89. The van der Waals surface area contributed by atoms with Gasteiger partial charge in [-0.15, -0.1) is 0 Å². The minimum atomic E-state index is -0.626. The maximum absolute atomic E-state index is 12.0. The highest BCUT2D eigenvalue weighted by molar-refractivity contribution is 5.73. The van der Waals surface area contributed by atoms with Gasteiger partial charge >= 0.3 is 12.1 Å². The zero-order chi connectivity index (χ0) is 18.7. The van der Waals surface area contributed by atoms with Gasteiger partial charge in [-0.3, -0.25) is 4.79 Å². The number of hydrogen-bond acceptors (Lipinski definition) is 6. The molecular weight excluding hydrogens is 326 g/mol. The lowest BCUT2D eigenvalue weighted by Crippen LogP contribution is -2.41. The highest BCUT2D eigenvalue weighted by Crippen LogP contribution is 2.10. The number of alkyl carbamates (subject to hydrolysis) is 1. The van der Waals surface area contributed by atoms with E-state index in [-0.39, 0.29) is 26.4 Å². The number of carbonyl (C=O) groups is 2. The van der Waals surface area contributed by atoms with Gasteiger partial charge in [0, 0.05) is 7.11 Å². The standard InChI is InChI=1S/C18H27NO6/c1-18(2,3)25-16(20)10-15(12-23-13-22-4)19-17(21)24-11-14-8-6-5-7-9-14/h5-9,15H,10-13H2,1-4H3,(H,19,21). The summed E-state index contributed by atoms with van der Waals surface area (Å²) in [5.41, 5.74) is 0.278. The average Bonchev–Trinajstić information content (AvgIpc) is 2.52. The molecule has 0 radical (unpaired) electrons. The minimum absolute atomic E-state index is 0.0264. The van der Waals surface area contributed by atoms with E-state index in [1.54, 1.807) is 20.8 Å². The molecule has 0 aliphatic heterocycles. The number of amides is 1. The van der Waals surface area contributed by atoms with E-state index in [9.17, 15) is 9.59 Å². The first-order valence-electron chi connectivity index (χ1n) is 8.06. The smallest absolute Gasteiger partial charge is 0.407 e. The monoisotopic (exact) mass is 353 g/mol. The first-order chi connectivity index (χ1) is 11.8. The second-order valence-corrected chi connectivity index (χ2v) is 6.47. The van der Waals surface area contributed by atoms with E-state index in [1.807, 2.05) is 30.3 Å². The summed E-state index contributed by atoms with van der Waals surface area (Å²) in [4.78, 5) is 23.9. The van der Waals surface area contributed by atoms with Crippen LogP contribution in [0.25, 0.3) is 0 Å². The number of benzene rings is 1. The van der Waals surface area contributed by atoms with Gasteiger partial charge in [-0.25, -0.2) is 4.79 Å². The van der Waals surface area contributed by atoms with Crippen LogP contribution in [0, 0.1) is 0 Å². The van der Waals surface area contributed by atoms with Crippen molar-refractivity contribution in [1.82, 2.24) is 5.32 Å². The summed E-state index contributed by atoms with van der Waals surface area (Å²) in [6, 6.07) is 8.74. The lowest BCUT2D eigenvalue weighted by atomic mass is 10.2. The zero-order valence-corrected chi connectivity index (χ0v) is 15.2. The van der Waals surface area contributed by atoms with Crippen molar-refractivity contribution < 1.29 is 28.5 Å². The predicted molar refractivity (Wildman–Crippen MR) is 91.8 cm³/mol. The fourth-order valence-electron chi connectivity index (χ4n) is 1.94. The summed E-state index contributed by atoms with van der Waals surface area (Å²) in [6.45, 7) is 5.65. The molecule has 0 fully saturated rings. The molecule has 1 aromatic carbocycles. The van der Waals surface area contributed by atoms with E-state index >= 15 is 0 Å². The summed E-state index contributed by atoms with van der Waals surface area (Å²) in [5.74, 6) is -0.429. The summed E-state index contributed by atoms with van der Waals surface area (Å²) in [6.07, 6.45) is -0.653. The SMILES string of the molecule is COCOCC(CC(=O)OC(C)(C)C)NC(=O)OCc1ccccc1. The van der Waals surface area contributed by atoms with Gasteiger partial charge in [0.2, 0.25) is 0 Å². The molecule has 7 nitrogen and oxygen atoms in total. The molecule has 0 aliphatic carbocycles. The fourth-order valence-corrected chi connectivity index (χ4v) is 1.94. The van der Waals surface area contributed by atoms with Crippen molar-refractivity contribution in [3.05, 3.63) is 35.9 Å². The van der Waals surface area contributed by atoms with Crippen LogP contribution in [0.1, 0.15) is 32.8 Å². The van der Waals surface area contributed by atoms with Crippen molar-refractivity contribution in [2.75, 3.05) is 20.5 Å². The highest BCUT2D eigenvalue weighted by Gasteiger charge is 2.22. The molecule has 1 rings (SSSR count). The van der Waals surface area contributed by atoms with Crippen LogP contribution in [-0.2, 0) is 30.3 Å². The van der Waals surface area contributed by atoms with Crippen LogP contribution in [0.2, 0.25) is 0 Å². The van der Waals surface area contributed by atoms with Gasteiger partial charge in [-0.05, 0) is 26.3 Å². The van der Waals surface area contributed by atoms with Gasteiger partial charge in [0.15, 0.2) is 0 Å². The number of hydrogen-bond donors (Lipinski definition) is 1. The van der Waals surface area contributed by atoms with Crippen molar-refractivity contribution in [3.63, 3.8) is 0 Å². The van der Waals surface area contributed by atoms with Crippen molar-refractivity contribution in [3.8, 4) is 0 Å². The first-order valence-corrected chi connectivity index (χ1v) is 8.06. The Morgan fingerprint density at radius 2 is 1.84 bits per heavy atom. The maximum atomic E-state index is 12.0. The zero-order valence-electron chi connectivity index (χ0n) is 15.2. The quantitative estimate of drug-likeness (QED) is 0.417. The molecule has 0 aromatic heterocycles. The van der Waals surface area contributed by atoms with Gasteiger partial charge < -0.3 is 24.3 Å². The van der Waals surface area contributed by atoms with E-state index in [4.69, 9.17) is 18.9 Å². The lowest BCUT2D eigenvalue weighted by Gasteiger charge is -2.22. The molecule has 0 saturated heterocycles. The van der Waals surface area contributed by atoms with E-state index in [2.05, 4.69) is 5.32 Å². The number of nitrogens with one attached hydrogen (secondary N) is 1. The molecule has 1 unspecified atom stereocenters. The molecule has 0 spiro atoms. The molecule has 0 heterocycles. The lowest BCUT2D eigenvalue weighted by molar-refractivity contribution is -0.156. The van der Waals surface area contributed by atoms with Gasteiger partial charge in [-0.1, -0.05) is 30.3 Å². The Balaban J connectivity index is 2.50. The Morgan fingerprint density at radius 1 is 1.16 bits per heavy atom. The van der Waals surface area contributed by atoms with Crippen molar-refractivity contribution in [2.45, 2.75) is 45.4 Å². The van der Waals surface area contributed by atoms with Crippen LogP contribution in [0.4, 0.5) is 4.79 Å². The molecule has 0 aliphatic rings. The Hall–Kier alpha value is -2.12. The third-order valence-electron chi connectivity index (χ3n) is 2.89. The molecular formula is C18H27NO6. The van der Waals surface area contributed by atoms with Crippen LogP contribution in [-0.4, -0.2) is 44.2 Å². The molecule has 1 atom stereocenters. The average molecular weight is 353 g/mol. The van der Waals surface area contributed by atoms with Gasteiger partial charge in [-0.2, -0.15) is 0 Å². The van der Waals surface area contributed by atoms with Crippen LogP contribution < -0.4 is 5.32 Å². The van der Waals surface area contributed by atoms with Crippen molar-refractivity contribution in [2.24, 2.45) is 0 Å². The van der Waals surface area contributed by atoms with Gasteiger partial charge in [0.1, 0.15) is 19.0 Å². The number of esters is 1. The van der Waals surface area contributed by atoms with Crippen molar-refractivity contribution >= 4 is 12.1 Å². The van der Waals surface area contributed by atoms with Gasteiger partial charge in [0.05, 0.1) is 19.1 Å². The van der Waals surface area contributed by atoms with E-state index in [0.29, 0.717) is 0 Å². The van der Waals surface area contributed by atoms with Crippen molar-refractivity contribution in [1.29, 1.82) is 0 Å². The van der Waals surface area contributed by atoms with E-state index in [0.717, 1.165) is 5.56 Å². The van der Waals surface area contributed by atoms with E-state index in [1.165, 1.54) is 7.11 Å². The molecule has 0 saturated carbocycles. The highest BCUT2D eigenvalue weighted by atomic mass is 16.7. The first kappa shape index (κ1) is 20.9. The Bertz CT molecular complexity index is 526. The number of rotatable bonds is 9. The Labute approximate surface area is 148 Å². The summed E-state index contributed by atoms with van der Waals surface area (Å²) < 4.78 is 20.5. The largest absolute Gasteiger partial charge is 0.460 e. The topological polar surface area (TPSA) is 83.1 Å². The third kappa shape index (κ3) is 10.4. The van der Waals surface area contributed by atoms with Crippen LogP contribution in [0.15, 0.2) is 30.3 Å². The molecule has 140 valence electrons. The maximum Gasteiger partial charge on any atom is 0.407 e. The molecule has 0 bridgehead atoms. The molecule has 1 aromatic rings. The minimum Gasteiger partial charge on any atom is -0.460 e. The second-order valence-electron chi connectivity index (χ2n) is 6.47. The molecule has 1 amide bonds. The van der Waals surface area contributed by atoms with Crippen LogP contribution in [0.5, 0.6) is 0 Å². The van der Waals surface area contributed by atoms with Crippen LogP contribution in [0.3, 0.4) is 0 Å². The number of carbonyl (C=O) groups excluding carboxylic acids is 2.